The van der Waals surface area contributed by atoms with E-state index in [0.717, 1.165) is 64.3 Å². The number of benzene rings is 1. The minimum Gasteiger partial charge on any atom is -0.490 e. The first-order valence-electron chi connectivity index (χ1n) is 12.8. The van der Waals surface area contributed by atoms with Crippen molar-refractivity contribution in [3.05, 3.63) is 23.8 Å². The molecular weight excluding hydrogens is 470 g/mol. The molecule has 0 aliphatic heterocycles. The van der Waals surface area contributed by atoms with Gasteiger partial charge in [-0.1, -0.05) is 45.6 Å². The van der Waals surface area contributed by atoms with E-state index in [1.54, 1.807) is 7.11 Å². The molecule has 2 N–H and O–H groups in total. The van der Waals surface area contributed by atoms with Gasteiger partial charge < -0.3 is 24.6 Å². The predicted octanol–water partition coefficient (Wildman–Crippen LogP) is 5.81. The van der Waals surface area contributed by atoms with Gasteiger partial charge in [-0.2, -0.15) is 0 Å². The van der Waals surface area contributed by atoms with Gasteiger partial charge in [-0.15, -0.1) is 12.4 Å². The Labute approximate surface area is 217 Å². The summed E-state index contributed by atoms with van der Waals surface area (Å²) in [7, 11) is 1.67. The van der Waals surface area contributed by atoms with Gasteiger partial charge in [0.1, 0.15) is 0 Å². The van der Waals surface area contributed by atoms with Gasteiger partial charge >= 0.3 is 5.97 Å². The maximum Gasteiger partial charge on any atom is 0.303 e. The number of rotatable bonds is 21. The van der Waals surface area contributed by atoms with Crippen molar-refractivity contribution in [1.82, 2.24) is 5.32 Å². The number of hydrogen-bond donors (Lipinski definition) is 2. The number of carbonyl (C=O) groups is 2. The van der Waals surface area contributed by atoms with Crippen LogP contribution in [0.1, 0.15) is 83.6 Å². The van der Waals surface area contributed by atoms with E-state index in [-0.39, 0.29) is 30.7 Å². The van der Waals surface area contributed by atoms with E-state index in [1.165, 1.54) is 5.56 Å². The summed E-state index contributed by atoms with van der Waals surface area (Å²) in [4.78, 5) is 22.7. The number of aryl methyl sites for hydroxylation is 1. The number of carboxylic acid groups (broad SMARTS) is 1. The molecule has 0 aliphatic rings. The Bertz CT molecular complexity index is 700. The average Bonchev–Trinajstić information content (AvgIpc) is 2.82. The molecule has 0 unspecified atom stereocenters. The van der Waals surface area contributed by atoms with Crippen LogP contribution < -0.4 is 14.8 Å². The second kappa shape index (κ2) is 21.3. The summed E-state index contributed by atoms with van der Waals surface area (Å²) < 4.78 is 16.8. The summed E-state index contributed by atoms with van der Waals surface area (Å²) in [6.07, 6.45) is 9.76. The van der Waals surface area contributed by atoms with Crippen molar-refractivity contribution in [2.75, 3.05) is 33.5 Å². The lowest BCUT2D eigenvalue weighted by Crippen LogP contribution is -2.29. The maximum atomic E-state index is 12.0. The van der Waals surface area contributed by atoms with Crippen LogP contribution in [0.3, 0.4) is 0 Å². The van der Waals surface area contributed by atoms with E-state index in [9.17, 15) is 9.59 Å². The van der Waals surface area contributed by atoms with Crippen LogP contribution >= 0.6 is 12.4 Å². The summed E-state index contributed by atoms with van der Waals surface area (Å²) in [6.45, 7) is 6.43. The number of amides is 1. The molecule has 0 aromatic heterocycles. The molecule has 0 aliphatic carbocycles. The lowest BCUT2D eigenvalue weighted by molar-refractivity contribution is -0.137. The highest BCUT2D eigenvalue weighted by molar-refractivity contribution is 5.85. The fourth-order valence-electron chi connectivity index (χ4n) is 3.56. The van der Waals surface area contributed by atoms with Crippen LogP contribution in [0.25, 0.3) is 0 Å². The van der Waals surface area contributed by atoms with E-state index < -0.39 is 5.97 Å². The minimum atomic E-state index is -0.820. The number of halogens is 1. The second-order valence-corrected chi connectivity index (χ2v) is 8.82. The summed E-state index contributed by atoms with van der Waals surface area (Å²) in [6, 6.07) is 6.00. The van der Waals surface area contributed by atoms with Crippen molar-refractivity contribution >= 4 is 24.3 Å². The van der Waals surface area contributed by atoms with Gasteiger partial charge in [-0.25, -0.2) is 0 Å². The molecule has 35 heavy (non-hydrogen) atoms. The zero-order chi connectivity index (χ0) is 25.0. The molecule has 1 atom stereocenters. The number of ether oxygens (including phenoxy) is 3. The van der Waals surface area contributed by atoms with Crippen molar-refractivity contribution < 1.29 is 28.9 Å². The largest absolute Gasteiger partial charge is 0.490 e. The van der Waals surface area contributed by atoms with E-state index in [1.807, 2.05) is 19.1 Å². The van der Waals surface area contributed by atoms with Crippen LogP contribution in [-0.4, -0.2) is 50.5 Å². The van der Waals surface area contributed by atoms with Gasteiger partial charge in [0.25, 0.3) is 0 Å². The molecule has 8 heteroatoms. The van der Waals surface area contributed by atoms with E-state index >= 15 is 0 Å². The average molecular weight is 516 g/mol. The van der Waals surface area contributed by atoms with Crippen LogP contribution in [-0.2, 0) is 20.7 Å². The van der Waals surface area contributed by atoms with Gasteiger partial charge in [0.05, 0.1) is 13.2 Å². The fraction of sp³-hybridized carbons (Fsp3) is 0.704. The minimum absolute atomic E-state index is 0. The second-order valence-electron chi connectivity index (χ2n) is 8.82. The first kappa shape index (κ1) is 33.0. The lowest BCUT2D eigenvalue weighted by atomic mass is 10.00. The summed E-state index contributed by atoms with van der Waals surface area (Å²) in [5, 5.41) is 11.8. The summed E-state index contributed by atoms with van der Waals surface area (Å²) in [5.41, 5.74) is 1.20. The monoisotopic (exact) mass is 515 g/mol. The zero-order valence-corrected chi connectivity index (χ0v) is 22.6. The Kier molecular flexibility index (Phi) is 20.1. The molecule has 0 fully saturated rings. The number of nitrogens with one attached hydrogen (secondary N) is 1. The Morgan fingerprint density at radius 3 is 2.37 bits per heavy atom. The molecule has 1 amide bonds. The molecule has 0 saturated heterocycles. The quantitative estimate of drug-likeness (QED) is 0.200. The molecule has 0 spiro atoms. The van der Waals surface area contributed by atoms with E-state index in [4.69, 9.17) is 19.3 Å². The van der Waals surface area contributed by atoms with Crippen molar-refractivity contribution in [2.24, 2.45) is 5.92 Å². The summed E-state index contributed by atoms with van der Waals surface area (Å²) in [5.74, 6) is 0.791. The highest BCUT2D eigenvalue weighted by atomic mass is 35.5. The predicted molar refractivity (Wildman–Crippen MR) is 142 cm³/mol. The normalized spacial score (nSPS) is 11.4. The van der Waals surface area contributed by atoms with E-state index in [0.29, 0.717) is 37.7 Å². The highest BCUT2D eigenvalue weighted by Crippen LogP contribution is 2.29. The molecule has 1 rings (SSSR count). The first-order valence-corrected chi connectivity index (χ1v) is 12.8. The third kappa shape index (κ3) is 16.3. The van der Waals surface area contributed by atoms with Crippen LogP contribution in [0, 0.1) is 5.92 Å². The van der Waals surface area contributed by atoms with Crippen LogP contribution in [0.2, 0.25) is 0 Å². The van der Waals surface area contributed by atoms with Gasteiger partial charge in [-0.05, 0) is 49.8 Å². The number of carboxylic acids is 1. The molecule has 0 saturated carbocycles. The molecule has 1 aromatic carbocycles. The number of aliphatic carboxylic acids is 1. The van der Waals surface area contributed by atoms with Gasteiger partial charge in [0.15, 0.2) is 11.5 Å². The Morgan fingerprint density at radius 2 is 1.66 bits per heavy atom. The highest BCUT2D eigenvalue weighted by Gasteiger charge is 2.12. The van der Waals surface area contributed by atoms with Gasteiger partial charge in [-0.3, -0.25) is 9.59 Å². The molecule has 0 bridgehead atoms. The zero-order valence-electron chi connectivity index (χ0n) is 21.8. The van der Waals surface area contributed by atoms with Crippen LogP contribution in [0.15, 0.2) is 18.2 Å². The molecular formula is C27H46ClNO6. The number of carbonyl (C=O) groups excluding carboxylic acids is 1. The fourth-order valence-corrected chi connectivity index (χ4v) is 3.56. The summed E-state index contributed by atoms with van der Waals surface area (Å²) >= 11 is 0. The Hall–Kier alpha value is -1.99. The first-order chi connectivity index (χ1) is 16.5. The van der Waals surface area contributed by atoms with Crippen molar-refractivity contribution in [3.63, 3.8) is 0 Å². The third-order valence-electron chi connectivity index (χ3n) is 5.68. The van der Waals surface area contributed by atoms with Crippen molar-refractivity contribution in [2.45, 2.75) is 84.5 Å². The van der Waals surface area contributed by atoms with Gasteiger partial charge in [0, 0.05) is 39.0 Å². The lowest BCUT2D eigenvalue weighted by Gasteiger charge is -2.14. The molecule has 202 valence electrons. The molecule has 0 radical (unpaired) electrons. The van der Waals surface area contributed by atoms with Crippen molar-refractivity contribution in [3.8, 4) is 11.5 Å². The standard InChI is InChI=1S/C27H45NO6.ClH/c1-4-5-17-28-27(31)22(2)12-8-6-7-9-13-23-15-16-24(33-19-10-14-26(29)30)25(21-23)34-20-11-18-32-3;/h15-16,21-22H,4-14,17-20H2,1-3H3,(H,28,31)(H,29,30);1H/t22-;/m1./s1. The number of hydrogen-bond acceptors (Lipinski definition) is 5. The van der Waals surface area contributed by atoms with Crippen LogP contribution in [0.4, 0.5) is 0 Å². The maximum absolute atomic E-state index is 12.0. The van der Waals surface area contributed by atoms with Crippen LogP contribution in [0.5, 0.6) is 11.5 Å². The van der Waals surface area contributed by atoms with Gasteiger partial charge in [0.2, 0.25) is 5.91 Å². The smallest absolute Gasteiger partial charge is 0.303 e. The SMILES string of the molecule is CCCCNC(=O)[C@H](C)CCCCCCc1ccc(OCCCC(=O)O)c(OCCCOC)c1.Cl. The molecule has 0 heterocycles. The molecule has 1 aromatic rings. The topological polar surface area (TPSA) is 94.1 Å². The van der Waals surface area contributed by atoms with E-state index in [2.05, 4.69) is 18.3 Å². The Morgan fingerprint density at radius 1 is 0.943 bits per heavy atom. The molecule has 7 nitrogen and oxygen atoms in total. The third-order valence-corrected chi connectivity index (χ3v) is 5.68. The number of methoxy groups -OCH3 is 1. The number of unbranched alkanes of at least 4 members (excludes halogenated alkanes) is 4. The van der Waals surface area contributed by atoms with Crippen molar-refractivity contribution in [1.29, 1.82) is 0 Å². The Balaban J connectivity index is 0.0000116.